The molecule has 174 valence electrons. The molecule has 35 heavy (non-hydrogen) atoms. The van der Waals surface area contributed by atoms with E-state index >= 15 is 0 Å². The zero-order chi connectivity index (χ0) is 24.0. The lowest BCUT2D eigenvalue weighted by Crippen LogP contribution is -2.23. The third-order valence-electron chi connectivity index (χ3n) is 5.72. The maximum absolute atomic E-state index is 12.9. The normalized spacial score (nSPS) is 10.8. The number of methoxy groups -OCH3 is 1. The molecule has 0 aliphatic rings. The van der Waals surface area contributed by atoms with Crippen LogP contribution in [0, 0.1) is 0 Å². The Bertz CT molecular complexity index is 1430. The van der Waals surface area contributed by atoms with Crippen LogP contribution in [0.4, 0.5) is 0 Å². The van der Waals surface area contributed by atoms with Gasteiger partial charge < -0.3 is 14.6 Å². The van der Waals surface area contributed by atoms with Gasteiger partial charge in [0.15, 0.2) is 0 Å². The Balaban J connectivity index is 1.28. The molecule has 0 unspecified atom stereocenters. The fourth-order valence-electron chi connectivity index (χ4n) is 3.93. The van der Waals surface area contributed by atoms with Crippen LogP contribution in [0.25, 0.3) is 21.7 Å². The second-order valence-electron chi connectivity index (χ2n) is 8.01. The fraction of sp³-hybridized carbons (Fsp3) is 0.107. The summed E-state index contributed by atoms with van der Waals surface area (Å²) in [5, 5.41) is 5.56. The minimum absolute atomic E-state index is 0.201. The lowest BCUT2D eigenvalue weighted by Gasteiger charge is -2.11. The number of imidazole rings is 1. The molecule has 3 aromatic carbocycles. The average Bonchev–Trinajstić information content (AvgIpc) is 3.61. The van der Waals surface area contributed by atoms with E-state index < -0.39 is 0 Å². The van der Waals surface area contributed by atoms with Crippen molar-refractivity contribution in [1.82, 2.24) is 19.9 Å². The molecule has 5 rings (SSSR count). The van der Waals surface area contributed by atoms with Crippen molar-refractivity contribution in [2.75, 3.05) is 7.11 Å². The van der Waals surface area contributed by atoms with Crippen molar-refractivity contribution in [3.8, 4) is 27.4 Å². The minimum atomic E-state index is -0.201. The Morgan fingerprint density at radius 2 is 1.77 bits per heavy atom. The molecular weight excluding hydrogens is 456 g/mol. The van der Waals surface area contributed by atoms with Crippen LogP contribution < -0.4 is 10.1 Å². The molecule has 0 saturated heterocycles. The summed E-state index contributed by atoms with van der Waals surface area (Å²) in [6, 6.07) is 24.3. The molecule has 5 aromatic rings. The number of hydrogen-bond acceptors (Lipinski definition) is 5. The summed E-state index contributed by atoms with van der Waals surface area (Å²) in [4.78, 5) is 21.5. The van der Waals surface area contributed by atoms with Crippen LogP contribution in [-0.4, -0.2) is 27.6 Å². The highest BCUT2D eigenvalue weighted by atomic mass is 32.1. The van der Waals surface area contributed by atoms with E-state index in [0.717, 1.165) is 39.6 Å². The van der Waals surface area contributed by atoms with Crippen molar-refractivity contribution >= 4 is 17.2 Å². The topological polar surface area (TPSA) is 69.0 Å². The van der Waals surface area contributed by atoms with Gasteiger partial charge in [-0.3, -0.25) is 4.79 Å². The van der Waals surface area contributed by atoms with Gasteiger partial charge in [0.05, 0.1) is 19.0 Å². The Labute approximate surface area is 207 Å². The average molecular weight is 481 g/mol. The molecule has 0 fully saturated rings. The van der Waals surface area contributed by atoms with Gasteiger partial charge in [-0.1, -0.05) is 60.7 Å². The molecule has 0 spiro atoms. The van der Waals surface area contributed by atoms with Crippen LogP contribution in [0.2, 0.25) is 0 Å². The van der Waals surface area contributed by atoms with Crippen molar-refractivity contribution in [2.24, 2.45) is 0 Å². The van der Waals surface area contributed by atoms with E-state index in [4.69, 9.17) is 4.74 Å². The monoisotopic (exact) mass is 480 g/mol. The second-order valence-corrected chi connectivity index (χ2v) is 8.87. The summed E-state index contributed by atoms with van der Waals surface area (Å²) in [6.45, 7) is 1.19. The van der Waals surface area contributed by atoms with Crippen LogP contribution in [-0.2, 0) is 13.1 Å². The number of benzene rings is 3. The van der Waals surface area contributed by atoms with Crippen molar-refractivity contribution < 1.29 is 9.53 Å². The van der Waals surface area contributed by atoms with E-state index in [9.17, 15) is 4.79 Å². The summed E-state index contributed by atoms with van der Waals surface area (Å²) in [7, 11) is 1.63. The third-order valence-corrected chi connectivity index (χ3v) is 6.60. The Morgan fingerprint density at radius 1 is 1.00 bits per heavy atom. The SMILES string of the molecule is COc1ccccc1-c1nc(C(=O)NCc2ccccc2-c2ccc(Cn3ccnc3)cc2)cs1. The van der Waals surface area contributed by atoms with Crippen molar-refractivity contribution in [3.63, 3.8) is 0 Å². The molecular formula is C28H24N4O2S. The van der Waals surface area contributed by atoms with E-state index in [1.807, 2.05) is 59.6 Å². The van der Waals surface area contributed by atoms with Crippen LogP contribution in [0.3, 0.4) is 0 Å². The second kappa shape index (κ2) is 10.4. The molecule has 0 bridgehead atoms. The molecule has 1 N–H and O–H groups in total. The lowest BCUT2D eigenvalue weighted by molar-refractivity contribution is 0.0946. The van der Waals surface area contributed by atoms with Crippen LogP contribution in [0.15, 0.2) is 96.9 Å². The molecule has 0 aliphatic carbocycles. The third kappa shape index (κ3) is 5.15. The lowest BCUT2D eigenvalue weighted by atomic mass is 9.98. The molecule has 1 amide bonds. The number of ether oxygens (including phenoxy) is 1. The molecule has 2 aromatic heterocycles. The van der Waals surface area contributed by atoms with Crippen molar-refractivity contribution in [2.45, 2.75) is 13.1 Å². The molecule has 0 saturated carbocycles. The van der Waals surface area contributed by atoms with Crippen molar-refractivity contribution in [3.05, 3.63) is 114 Å². The van der Waals surface area contributed by atoms with Gasteiger partial charge in [-0.15, -0.1) is 11.3 Å². The summed E-state index contributed by atoms with van der Waals surface area (Å²) in [5.41, 5.74) is 5.72. The zero-order valence-electron chi connectivity index (χ0n) is 19.2. The zero-order valence-corrected chi connectivity index (χ0v) is 20.0. The number of amides is 1. The molecule has 2 heterocycles. The van der Waals surface area contributed by atoms with Gasteiger partial charge in [0.25, 0.3) is 5.91 Å². The van der Waals surface area contributed by atoms with Gasteiger partial charge in [0.1, 0.15) is 16.5 Å². The number of thiazole rings is 1. The highest BCUT2D eigenvalue weighted by molar-refractivity contribution is 7.13. The fourth-order valence-corrected chi connectivity index (χ4v) is 4.76. The smallest absolute Gasteiger partial charge is 0.271 e. The van der Waals surface area contributed by atoms with Gasteiger partial charge in [0, 0.05) is 30.9 Å². The first-order valence-corrected chi connectivity index (χ1v) is 12.1. The van der Waals surface area contributed by atoms with Gasteiger partial charge in [0.2, 0.25) is 0 Å². The molecule has 6 nitrogen and oxygen atoms in total. The first-order valence-electron chi connectivity index (χ1n) is 11.2. The highest BCUT2D eigenvalue weighted by Crippen LogP contribution is 2.32. The van der Waals surface area contributed by atoms with Crippen LogP contribution >= 0.6 is 11.3 Å². The summed E-state index contributed by atoms with van der Waals surface area (Å²) >= 11 is 1.43. The number of carbonyl (C=O) groups is 1. The van der Waals surface area contributed by atoms with Gasteiger partial charge in [-0.25, -0.2) is 9.97 Å². The Hall–Kier alpha value is -4.23. The van der Waals surface area contributed by atoms with Crippen LogP contribution in [0.5, 0.6) is 5.75 Å². The van der Waals surface area contributed by atoms with Gasteiger partial charge >= 0.3 is 0 Å². The maximum Gasteiger partial charge on any atom is 0.271 e. The summed E-state index contributed by atoms with van der Waals surface area (Å²) in [5.74, 6) is 0.534. The largest absolute Gasteiger partial charge is 0.496 e. The summed E-state index contributed by atoms with van der Waals surface area (Å²) < 4.78 is 7.46. The standard InChI is InChI=1S/C28H24N4O2S/c1-34-26-9-5-4-8-24(26)28-31-25(18-35-28)27(33)30-16-22-6-2-3-7-23(22)21-12-10-20(11-13-21)17-32-15-14-29-19-32/h2-15,18-19H,16-17H2,1H3,(H,30,33). The van der Waals surface area contributed by atoms with E-state index in [2.05, 4.69) is 45.6 Å². The number of carbonyl (C=O) groups excluding carboxylic acids is 1. The molecule has 7 heteroatoms. The number of rotatable bonds is 8. The Morgan fingerprint density at radius 3 is 2.54 bits per heavy atom. The maximum atomic E-state index is 12.9. The van der Waals surface area contributed by atoms with Crippen LogP contribution in [0.1, 0.15) is 21.6 Å². The number of para-hydroxylation sites is 1. The number of aromatic nitrogens is 3. The predicted molar refractivity (Wildman–Crippen MR) is 138 cm³/mol. The van der Waals surface area contributed by atoms with E-state index in [1.165, 1.54) is 16.9 Å². The quantitative estimate of drug-likeness (QED) is 0.311. The van der Waals surface area contributed by atoms with E-state index in [-0.39, 0.29) is 5.91 Å². The van der Waals surface area contributed by atoms with Gasteiger partial charge in [-0.05, 0) is 34.4 Å². The summed E-state index contributed by atoms with van der Waals surface area (Å²) in [6.07, 6.45) is 5.55. The predicted octanol–water partition coefficient (Wildman–Crippen LogP) is 5.66. The van der Waals surface area contributed by atoms with Crippen molar-refractivity contribution in [1.29, 1.82) is 0 Å². The number of nitrogens with one attached hydrogen (secondary N) is 1. The highest BCUT2D eigenvalue weighted by Gasteiger charge is 2.15. The molecule has 0 aliphatic heterocycles. The molecule has 0 atom stereocenters. The van der Waals surface area contributed by atoms with Gasteiger partial charge in [-0.2, -0.15) is 0 Å². The first-order chi connectivity index (χ1) is 17.2. The van der Waals surface area contributed by atoms with E-state index in [1.54, 1.807) is 18.7 Å². The minimum Gasteiger partial charge on any atom is -0.496 e. The number of nitrogens with zero attached hydrogens (tertiary/aromatic N) is 3. The molecule has 0 radical (unpaired) electrons. The first kappa shape index (κ1) is 22.6. The Kier molecular flexibility index (Phi) is 6.68. The van der Waals surface area contributed by atoms with E-state index in [0.29, 0.717) is 12.2 Å². The number of hydrogen-bond donors (Lipinski definition) is 1.